The number of carbonyl (C=O) groups is 1. The lowest BCUT2D eigenvalue weighted by Gasteiger charge is -2.31. The number of hydrogen-bond acceptors (Lipinski definition) is 3. The van der Waals surface area contributed by atoms with Crippen LogP contribution in [0.15, 0.2) is 5.16 Å². The summed E-state index contributed by atoms with van der Waals surface area (Å²) in [6.07, 6.45) is 5.52. The lowest BCUT2D eigenvalue weighted by Crippen LogP contribution is -2.49. The Labute approximate surface area is 95.3 Å². The zero-order chi connectivity index (χ0) is 11.8. The molecule has 0 spiro atoms. The number of amides is 1. The van der Waals surface area contributed by atoms with Crippen LogP contribution in [-0.4, -0.2) is 34.9 Å². The van der Waals surface area contributed by atoms with Crippen molar-refractivity contribution in [3.8, 4) is 0 Å². The van der Waals surface area contributed by atoms with Crippen molar-refractivity contribution in [1.29, 1.82) is 0 Å². The number of rotatable bonds is 3. The first-order chi connectivity index (χ1) is 7.62. The molecule has 0 saturated heterocycles. The first-order valence-corrected chi connectivity index (χ1v) is 5.87. The third-order valence-electron chi connectivity index (χ3n) is 3.88. The Morgan fingerprint density at radius 2 is 2.00 bits per heavy atom. The molecule has 0 aromatic carbocycles. The number of nitrogens with zero attached hydrogens (tertiary/aromatic N) is 2. The number of carbonyl (C=O) groups excluding carboxylic acids is 1. The molecule has 5 nitrogen and oxygen atoms in total. The van der Waals surface area contributed by atoms with E-state index in [4.69, 9.17) is 10.9 Å². The topological polar surface area (TPSA) is 78.9 Å². The third kappa shape index (κ3) is 1.64. The largest absolute Gasteiger partial charge is 0.409 e. The van der Waals surface area contributed by atoms with Gasteiger partial charge < -0.3 is 15.8 Å². The second-order valence-electron chi connectivity index (χ2n) is 4.92. The van der Waals surface area contributed by atoms with Gasteiger partial charge in [-0.05, 0) is 25.7 Å². The lowest BCUT2D eigenvalue weighted by molar-refractivity contribution is -0.137. The average Bonchev–Trinajstić information content (AvgIpc) is 3.04. The fourth-order valence-corrected chi connectivity index (χ4v) is 2.62. The molecular formula is C11H19N3O2. The molecule has 3 N–H and O–H groups in total. The summed E-state index contributed by atoms with van der Waals surface area (Å²) in [4.78, 5) is 14.2. The Morgan fingerprint density at radius 3 is 2.44 bits per heavy atom. The van der Waals surface area contributed by atoms with Crippen LogP contribution in [0.4, 0.5) is 0 Å². The summed E-state index contributed by atoms with van der Waals surface area (Å²) in [6.45, 7) is 0. The van der Waals surface area contributed by atoms with Crippen molar-refractivity contribution in [2.75, 3.05) is 7.05 Å². The predicted octanol–water partition coefficient (Wildman–Crippen LogP) is 0.914. The average molecular weight is 225 g/mol. The molecule has 2 aliphatic rings. The summed E-state index contributed by atoms with van der Waals surface area (Å²) in [7, 11) is 1.82. The summed E-state index contributed by atoms with van der Waals surface area (Å²) in [6, 6.07) is 0.372. The molecule has 0 heterocycles. The van der Waals surface area contributed by atoms with E-state index >= 15 is 0 Å². The molecule has 2 aliphatic carbocycles. The zero-order valence-electron chi connectivity index (χ0n) is 9.65. The summed E-state index contributed by atoms with van der Waals surface area (Å²) in [5.74, 6) is 0.116. The molecule has 1 amide bonds. The summed E-state index contributed by atoms with van der Waals surface area (Å²) in [5, 5.41) is 11.9. The quantitative estimate of drug-likeness (QED) is 0.324. The maximum Gasteiger partial charge on any atom is 0.236 e. The van der Waals surface area contributed by atoms with Gasteiger partial charge in [0.1, 0.15) is 5.41 Å². The fourth-order valence-electron chi connectivity index (χ4n) is 2.62. The van der Waals surface area contributed by atoms with Crippen LogP contribution in [0.25, 0.3) is 0 Å². The minimum absolute atomic E-state index is 0.0304. The molecule has 90 valence electrons. The predicted molar refractivity (Wildman–Crippen MR) is 60.1 cm³/mol. The highest BCUT2D eigenvalue weighted by Crippen LogP contribution is 2.41. The van der Waals surface area contributed by atoms with Gasteiger partial charge in [-0.1, -0.05) is 18.0 Å². The van der Waals surface area contributed by atoms with E-state index in [0.29, 0.717) is 18.9 Å². The van der Waals surface area contributed by atoms with Gasteiger partial charge in [0.15, 0.2) is 5.84 Å². The van der Waals surface area contributed by atoms with Crippen LogP contribution in [0.1, 0.15) is 38.5 Å². The van der Waals surface area contributed by atoms with Gasteiger partial charge in [-0.15, -0.1) is 0 Å². The van der Waals surface area contributed by atoms with Crippen molar-refractivity contribution in [1.82, 2.24) is 4.90 Å². The van der Waals surface area contributed by atoms with Gasteiger partial charge in [0.05, 0.1) is 0 Å². The lowest BCUT2D eigenvalue weighted by atomic mass is 9.83. The van der Waals surface area contributed by atoms with Crippen LogP contribution < -0.4 is 5.73 Å². The fraction of sp³-hybridized carbons (Fsp3) is 0.818. The van der Waals surface area contributed by atoms with Crippen LogP contribution in [-0.2, 0) is 4.79 Å². The van der Waals surface area contributed by atoms with Crippen LogP contribution in [0, 0.1) is 5.41 Å². The first-order valence-electron chi connectivity index (χ1n) is 5.87. The number of oxime groups is 1. The second-order valence-corrected chi connectivity index (χ2v) is 4.92. The monoisotopic (exact) mass is 225 g/mol. The maximum absolute atomic E-state index is 12.4. The van der Waals surface area contributed by atoms with E-state index in [1.165, 1.54) is 0 Å². The van der Waals surface area contributed by atoms with Crippen LogP contribution in [0.2, 0.25) is 0 Å². The van der Waals surface area contributed by atoms with Gasteiger partial charge in [0.25, 0.3) is 0 Å². The summed E-state index contributed by atoms with van der Waals surface area (Å²) >= 11 is 0. The Bertz CT molecular complexity index is 317. The molecule has 2 fully saturated rings. The number of hydrogen-bond donors (Lipinski definition) is 2. The summed E-state index contributed by atoms with van der Waals surface area (Å²) < 4.78 is 0. The molecule has 0 unspecified atom stereocenters. The van der Waals surface area contributed by atoms with E-state index in [1.807, 2.05) is 7.05 Å². The van der Waals surface area contributed by atoms with Crippen LogP contribution >= 0.6 is 0 Å². The standard InChI is InChI=1S/C11H19N3O2/c1-14(8-4-5-8)10(15)11(9(12)13-16)6-2-3-7-11/h8,16H,2-7H2,1H3,(H2,12,13). The van der Waals surface area contributed by atoms with Crippen molar-refractivity contribution in [2.24, 2.45) is 16.3 Å². The van der Waals surface area contributed by atoms with Crippen molar-refractivity contribution < 1.29 is 10.0 Å². The van der Waals surface area contributed by atoms with Crippen molar-refractivity contribution in [3.63, 3.8) is 0 Å². The molecule has 0 atom stereocenters. The molecule has 2 rings (SSSR count). The smallest absolute Gasteiger partial charge is 0.236 e. The minimum atomic E-state index is -0.730. The third-order valence-corrected chi connectivity index (χ3v) is 3.88. The Morgan fingerprint density at radius 1 is 1.44 bits per heavy atom. The second kappa shape index (κ2) is 3.96. The highest BCUT2D eigenvalue weighted by molar-refractivity contribution is 6.07. The van der Waals surface area contributed by atoms with E-state index < -0.39 is 5.41 Å². The molecule has 0 radical (unpaired) electrons. The van der Waals surface area contributed by atoms with Crippen molar-refractivity contribution in [2.45, 2.75) is 44.6 Å². The van der Waals surface area contributed by atoms with Gasteiger partial charge >= 0.3 is 0 Å². The van der Waals surface area contributed by atoms with E-state index in [9.17, 15) is 4.79 Å². The first kappa shape index (κ1) is 11.2. The van der Waals surface area contributed by atoms with Crippen molar-refractivity contribution in [3.05, 3.63) is 0 Å². The van der Waals surface area contributed by atoms with Gasteiger partial charge in [-0.25, -0.2) is 0 Å². The van der Waals surface area contributed by atoms with E-state index in [1.54, 1.807) is 4.90 Å². The van der Waals surface area contributed by atoms with Crippen LogP contribution in [0.5, 0.6) is 0 Å². The Hall–Kier alpha value is -1.26. The van der Waals surface area contributed by atoms with E-state index in [-0.39, 0.29) is 11.7 Å². The van der Waals surface area contributed by atoms with E-state index in [0.717, 1.165) is 25.7 Å². The molecule has 0 aliphatic heterocycles. The van der Waals surface area contributed by atoms with Gasteiger partial charge in [-0.3, -0.25) is 4.79 Å². The Kier molecular flexibility index (Phi) is 2.78. The van der Waals surface area contributed by atoms with Crippen molar-refractivity contribution >= 4 is 11.7 Å². The molecule has 16 heavy (non-hydrogen) atoms. The molecule has 5 heteroatoms. The SMILES string of the molecule is CN(C(=O)C1(C(N)=NO)CCCC1)C1CC1. The number of amidine groups is 1. The normalized spacial score (nSPS) is 24.4. The summed E-state index contributed by atoms with van der Waals surface area (Å²) in [5.41, 5.74) is 4.99. The minimum Gasteiger partial charge on any atom is -0.409 e. The molecule has 0 aromatic rings. The highest BCUT2D eigenvalue weighted by Gasteiger charge is 2.48. The van der Waals surface area contributed by atoms with E-state index in [2.05, 4.69) is 5.16 Å². The zero-order valence-corrected chi connectivity index (χ0v) is 9.65. The maximum atomic E-state index is 12.4. The van der Waals surface area contributed by atoms with Gasteiger partial charge in [0, 0.05) is 13.1 Å². The van der Waals surface area contributed by atoms with Gasteiger partial charge in [-0.2, -0.15) is 0 Å². The molecule has 2 saturated carbocycles. The molecule has 0 aromatic heterocycles. The number of nitrogens with two attached hydrogens (primary N) is 1. The Balaban J connectivity index is 2.21. The molecule has 0 bridgehead atoms. The van der Waals surface area contributed by atoms with Crippen LogP contribution in [0.3, 0.4) is 0 Å². The van der Waals surface area contributed by atoms with Gasteiger partial charge in [0.2, 0.25) is 5.91 Å². The molecular weight excluding hydrogens is 206 g/mol. The highest BCUT2D eigenvalue weighted by atomic mass is 16.4.